The van der Waals surface area contributed by atoms with Gasteiger partial charge in [-0.1, -0.05) is 71.6 Å². The van der Waals surface area contributed by atoms with Gasteiger partial charge < -0.3 is 0 Å². The van der Waals surface area contributed by atoms with Crippen LogP contribution in [0.25, 0.3) is 0 Å². The average Bonchev–Trinajstić information content (AvgIpc) is 2.23. The topological polar surface area (TPSA) is 0 Å². The molecule has 0 spiro atoms. The molecule has 0 N–H and O–H groups in total. The summed E-state index contributed by atoms with van der Waals surface area (Å²) >= 11 is 0. The van der Waals surface area contributed by atoms with Crippen LogP contribution in [0.2, 0.25) is 0 Å². The third kappa shape index (κ3) is 4.84. The van der Waals surface area contributed by atoms with E-state index >= 15 is 0 Å². The van der Waals surface area contributed by atoms with E-state index < -0.39 is 5.67 Å². The summed E-state index contributed by atoms with van der Waals surface area (Å²) in [6.07, 6.45) is 13.0. The Balaban J connectivity index is 2.42. The first-order valence-electron chi connectivity index (χ1n) is 7.34. The summed E-state index contributed by atoms with van der Waals surface area (Å²) in [5.41, 5.74) is -0.876. The van der Waals surface area contributed by atoms with Gasteiger partial charge in [0, 0.05) is 0 Å². The van der Waals surface area contributed by atoms with Crippen LogP contribution in [0, 0.1) is 5.92 Å². The van der Waals surface area contributed by atoms with Crippen LogP contribution >= 0.6 is 0 Å². The second-order valence-electron chi connectivity index (χ2n) is 5.87. The van der Waals surface area contributed by atoms with Gasteiger partial charge in [0.1, 0.15) is 5.67 Å². The van der Waals surface area contributed by atoms with E-state index in [1.807, 2.05) is 13.8 Å². The van der Waals surface area contributed by atoms with E-state index in [2.05, 4.69) is 0 Å². The van der Waals surface area contributed by atoms with Gasteiger partial charge in [0.05, 0.1) is 0 Å². The van der Waals surface area contributed by atoms with E-state index in [1.165, 1.54) is 44.9 Å². The molecular formula is C15H29F. The van der Waals surface area contributed by atoms with Gasteiger partial charge in [-0.15, -0.1) is 0 Å². The van der Waals surface area contributed by atoms with Crippen molar-refractivity contribution < 1.29 is 4.39 Å². The third-order valence-electron chi connectivity index (χ3n) is 4.22. The summed E-state index contributed by atoms with van der Waals surface area (Å²) in [4.78, 5) is 0. The van der Waals surface area contributed by atoms with Crippen LogP contribution in [0.15, 0.2) is 0 Å². The Morgan fingerprint density at radius 2 is 1.00 bits per heavy atom. The fourth-order valence-corrected chi connectivity index (χ4v) is 2.78. The highest BCUT2D eigenvalue weighted by molar-refractivity contribution is 4.82. The molecule has 0 radical (unpaired) electrons. The minimum absolute atomic E-state index is 0.190. The van der Waals surface area contributed by atoms with E-state index in [1.54, 1.807) is 0 Å². The highest BCUT2D eigenvalue weighted by atomic mass is 19.1. The highest BCUT2D eigenvalue weighted by Crippen LogP contribution is 2.34. The average molecular weight is 228 g/mol. The minimum atomic E-state index is -0.876. The molecule has 1 aliphatic rings. The van der Waals surface area contributed by atoms with Crippen molar-refractivity contribution in [2.24, 2.45) is 5.92 Å². The van der Waals surface area contributed by atoms with Gasteiger partial charge >= 0.3 is 0 Å². The van der Waals surface area contributed by atoms with Gasteiger partial charge in [-0.05, 0) is 18.8 Å². The maximum atomic E-state index is 14.7. The zero-order valence-corrected chi connectivity index (χ0v) is 11.2. The number of hydrogen-bond acceptors (Lipinski definition) is 0. The first-order valence-corrected chi connectivity index (χ1v) is 7.34. The Morgan fingerprint density at radius 3 is 1.31 bits per heavy atom. The molecule has 1 rings (SSSR count). The molecule has 0 aromatic rings. The zero-order valence-electron chi connectivity index (χ0n) is 11.2. The first kappa shape index (κ1) is 14.0. The molecule has 0 aliphatic heterocycles. The quantitative estimate of drug-likeness (QED) is 0.543. The van der Waals surface area contributed by atoms with Gasteiger partial charge in [-0.25, -0.2) is 4.39 Å². The summed E-state index contributed by atoms with van der Waals surface area (Å²) < 4.78 is 14.7. The summed E-state index contributed by atoms with van der Waals surface area (Å²) in [6.45, 7) is 4.09. The molecule has 0 amide bonds. The van der Waals surface area contributed by atoms with Crippen molar-refractivity contribution in [3.63, 3.8) is 0 Å². The van der Waals surface area contributed by atoms with E-state index in [9.17, 15) is 4.39 Å². The van der Waals surface area contributed by atoms with Crippen molar-refractivity contribution in [2.75, 3.05) is 0 Å². The molecule has 0 bridgehead atoms. The largest absolute Gasteiger partial charge is 0.244 e. The molecule has 0 aromatic heterocycles. The molecule has 96 valence electrons. The molecule has 1 fully saturated rings. The minimum Gasteiger partial charge on any atom is -0.244 e. The maximum Gasteiger partial charge on any atom is 0.113 e. The van der Waals surface area contributed by atoms with Crippen LogP contribution in [0.1, 0.15) is 84.5 Å². The summed E-state index contributed by atoms with van der Waals surface area (Å²) in [5, 5.41) is 0. The fourth-order valence-electron chi connectivity index (χ4n) is 2.78. The number of halogens is 1. The third-order valence-corrected chi connectivity index (χ3v) is 4.22. The second kappa shape index (κ2) is 7.29. The molecule has 1 saturated carbocycles. The summed E-state index contributed by atoms with van der Waals surface area (Å²) in [5.74, 6) is 0.190. The molecule has 0 heterocycles. The van der Waals surface area contributed by atoms with Crippen LogP contribution in [-0.2, 0) is 0 Å². The lowest BCUT2D eigenvalue weighted by Gasteiger charge is -2.30. The van der Waals surface area contributed by atoms with Crippen molar-refractivity contribution in [3.05, 3.63) is 0 Å². The lowest BCUT2D eigenvalue weighted by atomic mass is 9.82. The van der Waals surface area contributed by atoms with E-state index in [0.717, 1.165) is 25.7 Å². The summed E-state index contributed by atoms with van der Waals surface area (Å²) in [6, 6.07) is 0. The molecule has 16 heavy (non-hydrogen) atoms. The Bertz CT molecular complexity index is 162. The Hall–Kier alpha value is -0.0700. The van der Waals surface area contributed by atoms with Crippen LogP contribution in [0.3, 0.4) is 0 Å². The van der Waals surface area contributed by atoms with E-state index in [-0.39, 0.29) is 5.92 Å². The summed E-state index contributed by atoms with van der Waals surface area (Å²) in [7, 11) is 0. The van der Waals surface area contributed by atoms with Crippen LogP contribution in [-0.4, -0.2) is 5.67 Å². The normalized spacial score (nSPS) is 24.8. The van der Waals surface area contributed by atoms with Gasteiger partial charge in [0.25, 0.3) is 0 Å². The maximum absolute atomic E-state index is 14.7. The molecule has 1 heteroatoms. The van der Waals surface area contributed by atoms with Gasteiger partial charge in [-0.2, -0.15) is 0 Å². The SMILES string of the molecule is CC(C)C1(F)CCCCCCCCCCC1. The lowest BCUT2D eigenvalue weighted by molar-refractivity contribution is 0.0713. The smallest absolute Gasteiger partial charge is 0.113 e. The Morgan fingerprint density at radius 1 is 0.688 bits per heavy atom. The molecular weight excluding hydrogens is 199 g/mol. The van der Waals surface area contributed by atoms with Crippen LogP contribution in [0.4, 0.5) is 4.39 Å². The standard InChI is InChI=1S/C15H29F/c1-14(2)15(16)12-10-8-6-4-3-5-7-9-11-13-15/h14H,3-13H2,1-2H3. The van der Waals surface area contributed by atoms with Crippen molar-refractivity contribution in [2.45, 2.75) is 90.1 Å². The Labute approximate surface area is 101 Å². The molecule has 0 saturated heterocycles. The molecule has 0 aromatic carbocycles. The zero-order chi connectivity index (χ0) is 11.9. The highest BCUT2D eigenvalue weighted by Gasteiger charge is 2.32. The fraction of sp³-hybridized carbons (Fsp3) is 1.00. The van der Waals surface area contributed by atoms with Crippen LogP contribution < -0.4 is 0 Å². The number of alkyl halides is 1. The molecule has 1 aliphatic carbocycles. The molecule has 0 nitrogen and oxygen atoms in total. The van der Waals surface area contributed by atoms with Crippen molar-refractivity contribution in [3.8, 4) is 0 Å². The lowest BCUT2D eigenvalue weighted by Crippen LogP contribution is -2.29. The second-order valence-corrected chi connectivity index (χ2v) is 5.87. The number of hydrogen-bond donors (Lipinski definition) is 0. The van der Waals surface area contributed by atoms with Gasteiger partial charge in [-0.3, -0.25) is 0 Å². The predicted molar refractivity (Wildman–Crippen MR) is 69.5 cm³/mol. The number of rotatable bonds is 1. The monoisotopic (exact) mass is 228 g/mol. The first-order chi connectivity index (χ1) is 7.65. The van der Waals surface area contributed by atoms with Crippen molar-refractivity contribution >= 4 is 0 Å². The van der Waals surface area contributed by atoms with E-state index in [4.69, 9.17) is 0 Å². The van der Waals surface area contributed by atoms with Crippen LogP contribution in [0.5, 0.6) is 0 Å². The van der Waals surface area contributed by atoms with Crippen molar-refractivity contribution in [1.29, 1.82) is 0 Å². The van der Waals surface area contributed by atoms with Gasteiger partial charge in [0.2, 0.25) is 0 Å². The molecule has 0 unspecified atom stereocenters. The predicted octanol–water partition coefficient (Wildman–Crippen LogP) is 5.66. The van der Waals surface area contributed by atoms with Gasteiger partial charge in [0.15, 0.2) is 0 Å². The van der Waals surface area contributed by atoms with E-state index in [0.29, 0.717) is 0 Å². The Kier molecular flexibility index (Phi) is 6.38. The molecule has 0 atom stereocenters. The van der Waals surface area contributed by atoms with Crippen molar-refractivity contribution in [1.82, 2.24) is 0 Å².